The van der Waals surface area contributed by atoms with Crippen molar-refractivity contribution in [1.82, 2.24) is 0 Å². The summed E-state index contributed by atoms with van der Waals surface area (Å²) in [5, 5.41) is 6.85. The van der Waals surface area contributed by atoms with Gasteiger partial charge < -0.3 is 15.5 Å². The molecule has 1 amide bonds. The molecule has 6 heteroatoms. The summed E-state index contributed by atoms with van der Waals surface area (Å²) in [4.78, 5) is 14.4. The van der Waals surface area contributed by atoms with Crippen molar-refractivity contribution < 1.29 is 4.79 Å². The van der Waals surface area contributed by atoms with Crippen LogP contribution in [0.25, 0.3) is 0 Å². The molecule has 0 aliphatic carbocycles. The topological polar surface area (TPSA) is 44.4 Å². The number of hydrogen-bond donors (Lipinski definition) is 2. The summed E-state index contributed by atoms with van der Waals surface area (Å²) < 4.78 is 0. The molecule has 1 heterocycles. The molecule has 4 nitrogen and oxygen atoms in total. The first kappa shape index (κ1) is 16.9. The molecule has 0 bridgehead atoms. The number of anilines is 3. The summed E-state index contributed by atoms with van der Waals surface area (Å²) in [6, 6.07) is 13.1. The molecular formula is C18H19Cl2N3O. The number of amides is 1. The van der Waals surface area contributed by atoms with Crippen molar-refractivity contribution in [2.45, 2.75) is 12.8 Å². The monoisotopic (exact) mass is 363 g/mol. The Morgan fingerprint density at radius 3 is 2.29 bits per heavy atom. The maximum Gasteiger partial charge on any atom is 0.243 e. The van der Waals surface area contributed by atoms with Crippen molar-refractivity contribution in [2.24, 2.45) is 0 Å². The molecule has 0 atom stereocenters. The van der Waals surface area contributed by atoms with Gasteiger partial charge in [-0.05, 0) is 55.3 Å². The van der Waals surface area contributed by atoms with E-state index in [0.717, 1.165) is 24.5 Å². The molecule has 126 valence electrons. The number of hydrogen-bond acceptors (Lipinski definition) is 3. The molecular weight excluding hydrogens is 345 g/mol. The maximum absolute atomic E-state index is 12.0. The molecule has 0 aromatic heterocycles. The largest absolute Gasteiger partial charge is 0.376 e. The Hall–Kier alpha value is -1.91. The van der Waals surface area contributed by atoms with E-state index in [9.17, 15) is 4.79 Å². The van der Waals surface area contributed by atoms with Crippen LogP contribution in [0.1, 0.15) is 12.8 Å². The summed E-state index contributed by atoms with van der Waals surface area (Å²) in [5.41, 5.74) is 2.75. The second kappa shape index (κ2) is 7.77. The molecule has 3 rings (SSSR count). The Bertz CT molecular complexity index is 713. The van der Waals surface area contributed by atoms with Gasteiger partial charge in [-0.15, -0.1) is 0 Å². The minimum atomic E-state index is -0.116. The van der Waals surface area contributed by atoms with Crippen molar-refractivity contribution in [3.63, 3.8) is 0 Å². The van der Waals surface area contributed by atoms with E-state index in [4.69, 9.17) is 23.2 Å². The van der Waals surface area contributed by atoms with E-state index in [1.165, 1.54) is 18.5 Å². The number of nitrogens with one attached hydrogen (secondary N) is 2. The zero-order valence-corrected chi connectivity index (χ0v) is 14.7. The lowest BCUT2D eigenvalue weighted by atomic mass is 10.2. The first-order valence-electron chi connectivity index (χ1n) is 7.95. The smallest absolute Gasteiger partial charge is 0.243 e. The van der Waals surface area contributed by atoms with Gasteiger partial charge in [0.15, 0.2) is 0 Å². The number of benzene rings is 2. The first-order chi connectivity index (χ1) is 11.6. The number of halogens is 2. The van der Waals surface area contributed by atoms with Gasteiger partial charge in [-0.25, -0.2) is 0 Å². The Labute approximate surface area is 151 Å². The van der Waals surface area contributed by atoms with Gasteiger partial charge in [0.1, 0.15) is 0 Å². The van der Waals surface area contributed by atoms with Crippen LogP contribution < -0.4 is 15.5 Å². The predicted molar refractivity (Wildman–Crippen MR) is 101 cm³/mol. The summed E-state index contributed by atoms with van der Waals surface area (Å²) in [5.74, 6) is -0.116. The van der Waals surface area contributed by atoms with Crippen molar-refractivity contribution >= 4 is 46.2 Å². The van der Waals surface area contributed by atoms with Crippen molar-refractivity contribution in [3.8, 4) is 0 Å². The van der Waals surface area contributed by atoms with Crippen LogP contribution in [0, 0.1) is 0 Å². The first-order valence-corrected chi connectivity index (χ1v) is 8.71. The van der Waals surface area contributed by atoms with E-state index in [0.29, 0.717) is 10.0 Å². The average molecular weight is 364 g/mol. The van der Waals surface area contributed by atoms with Crippen LogP contribution in [-0.2, 0) is 4.79 Å². The lowest BCUT2D eigenvalue weighted by Crippen LogP contribution is -2.22. The van der Waals surface area contributed by atoms with E-state index in [2.05, 4.69) is 15.5 Å². The van der Waals surface area contributed by atoms with Crippen molar-refractivity contribution in [1.29, 1.82) is 0 Å². The number of carbonyl (C=O) groups excluding carboxylic acids is 1. The van der Waals surface area contributed by atoms with Crippen LogP contribution in [-0.4, -0.2) is 25.5 Å². The summed E-state index contributed by atoms with van der Waals surface area (Å²) >= 11 is 11.8. The lowest BCUT2D eigenvalue weighted by molar-refractivity contribution is -0.114. The summed E-state index contributed by atoms with van der Waals surface area (Å²) in [6.07, 6.45) is 2.50. The highest BCUT2D eigenvalue weighted by atomic mass is 35.5. The van der Waals surface area contributed by atoms with Gasteiger partial charge in [-0.2, -0.15) is 0 Å². The maximum atomic E-state index is 12.0. The second-order valence-corrected chi connectivity index (χ2v) is 6.59. The van der Waals surface area contributed by atoms with Gasteiger partial charge in [0.05, 0.1) is 16.6 Å². The van der Waals surface area contributed by atoms with Crippen molar-refractivity contribution in [3.05, 3.63) is 52.5 Å². The average Bonchev–Trinajstić information content (AvgIpc) is 3.11. The highest BCUT2D eigenvalue weighted by molar-refractivity contribution is 6.42. The van der Waals surface area contributed by atoms with Crippen LogP contribution in [0.3, 0.4) is 0 Å². The van der Waals surface area contributed by atoms with Gasteiger partial charge in [0.2, 0.25) is 5.91 Å². The Morgan fingerprint density at radius 1 is 0.958 bits per heavy atom. The van der Waals surface area contributed by atoms with Gasteiger partial charge in [-0.1, -0.05) is 23.2 Å². The van der Waals surface area contributed by atoms with E-state index in [1.807, 2.05) is 24.3 Å². The predicted octanol–water partition coefficient (Wildman–Crippen LogP) is 4.64. The van der Waals surface area contributed by atoms with Crippen molar-refractivity contribution in [2.75, 3.05) is 35.2 Å². The van der Waals surface area contributed by atoms with Gasteiger partial charge in [-0.3, -0.25) is 4.79 Å². The van der Waals surface area contributed by atoms with E-state index >= 15 is 0 Å². The van der Waals surface area contributed by atoms with Crippen LogP contribution in [0.5, 0.6) is 0 Å². The zero-order chi connectivity index (χ0) is 16.9. The Kier molecular flexibility index (Phi) is 5.48. The third-order valence-corrected chi connectivity index (χ3v) is 4.73. The quantitative estimate of drug-likeness (QED) is 0.812. The van der Waals surface area contributed by atoms with Gasteiger partial charge >= 0.3 is 0 Å². The van der Waals surface area contributed by atoms with Crippen LogP contribution >= 0.6 is 23.2 Å². The SMILES string of the molecule is O=C(CNc1ccc(Cl)c(Cl)c1)Nc1ccc(N2CCCC2)cc1. The number of nitrogens with zero attached hydrogens (tertiary/aromatic N) is 1. The molecule has 2 aromatic rings. The van der Waals surface area contributed by atoms with Crippen LogP contribution in [0.2, 0.25) is 10.0 Å². The molecule has 0 radical (unpaired) electrons. The van der Waals surface area contributed by atoms with Crippen LogP contribution in [0.4, 0.5) is 17.1 Å². The molecule has 1 aliphatic rings. The normalized spacial score (nSPS) is 13.8. The third kappa shape index (κ3) is 4.34. The number of carbonyl (C=O) groups is 1. The fourth-order valence-corrected chi connectivity index (χ4v) is 3.02. The molecule has 1 aliphatic heterocycles. The molecule has 0 saturated carbocycles. The fourth-order valence-electron chi connectivity index (χ4n) is 2.72. The van der Waals surface area contributed by atoms with Gasteiger partial charge in [0, 0.05) is 30.2 Å². The van der Waals surface area contributed by atoms with E-state index in [1.54, 1.807) is 18.2 Å². The van der Waals surface area contributed by atoms with Crippen LogP contribution in [0.15, 0.2) is 42.5 Å². The molecule has 2 N–H and O–H groups in total. The molecule has 1 fully saturated rings. The lowest BCUT2D eigenvalue weighted by Gasteiger charge is -2.17. The standard InChI is InChI=1S/C18H19Cl2N3O/c19-16-8-5-14(11-17(16)20)21-12-18(24)22-13-3-6-15(7-4-13)23-9-1-2-10-23/h3-8,11,21H,1-2,9-10,12H2,(H,22,24). The molecule has 2 aromatic carbocycles. The Balaban J connectivity index is 1.51. The number of rotatable bonds is 5. The molecule has 1 saturated heterocycles. The Morgan fingerprint density at radius 2 is 1.62 bits per heavy atom. The minimum Gasteiger partial charge on any atom is -0.376 e. The molecule has 24 heavy (non-hydrogen) atoms. The third-order valence-electron chi connectivity index (χ3n) is 3.99. The van der Waals surface area contributed by atoms with Gasteiger partial charge in [0.25, 0.3) is 0 Å². The second-order valence-electron chi connectivity index (χ2n) is 5.77. The molecule has 0 spiro atoms. The highest BCUT2D eigenvalue weighted by Gasteiger charge is 2.12. The summed E-state index contributed by atoms with van der Waals surface area (Å²) in [7, 11) is 0. The van der Waals surface area contributed by atoms with E-state index in [-0.39, 0.29) is 12.5 Å². The van der Waals surface area contributed by atoms with E-state index < -0.39 is 0 Å². The zero-order valence-electron chi connectivity index (χ0n) is 13.2. The fraction of sp³-hybridized carbons (Fsp3) is 0.278. The highest BCUT2D eigenvalue weighted by Crippen LogP contribution is 2.25. The molecule has 0 unspecified atom stereocenters. The summed E-state index contributed by atoms with van der Waals surface area (Å²) in [6.45, 7) is 2.38. The minimum absolute atomic E-state index is 0.116.